The smallest absolute Gasteiger partial charge is 0.292 e. The fourth-order valence-corrected chi connectivity index (χ4v) is 1.53. The minimum Gasteiger partial charge on any atom is -0.457 e. The number of nitrogens with zero attached hydrogens (tertiary/aromatic N) is 2. The van der Waals surface area contributed by atoms with Crippen molar-refractivity contribution in [2.75, 3.05) is 5.73 Å². The topological polar surface area (TPSA) is 102 Å². The van der Waals surface area contributed by atoms with Crippen LogP contribution >= 0.6 is 0 Å². The zero-order valence-corrected chi connectivity index (χ0v) is 9.74. The van der Waals surface area contributed by atoms with Crippen LogP contribution in [0.4, 0.5) is 11.4 Å². The lowest BCUT2D eigenvalue weighted by molar-refractivity contribution is -0.383. The van der Waals surface area contributed by atoms with E-state index in [0.717, 1.165) is 0 Å². The highest BCUT2D eigenvalue weighted by Crippen LogP contribution is 2.29. The number of nitro groups is 1. The maximum absolute atomic E-state index is 10.6. The Morgan fingerprint density at radius 2 is 1.95 bits per heavy atom. The van der Waals surface area contributed by atoms with Crippen LogP contribution < -0.4 is 10.5 Å². The second-order valence-corrected chi connectivity index (χ2v) is 3.72. The molecule has 0 atom stereocenters. The molecule has 0 saturated carbocycles. The Hall–Kier alpha value is -3.07. The van der Waals surface area contributed by atoms with Crippen LogP contribution in [0.15, 0.2) is 42.5 Å². The van der Waals surface area contributed by atoms with Gasteiger partial charge in [0.05, 0.1) is 16.6 Å². The molecule has 0 amide bonds. The average Bonchev–Trinajstić information content (AvgIpc) is 2.38. The van der Waals surface area contributed by atoms with Crippen molar-refractivity contribution in [3.05, 3.63) is 58.1 Å². The van der Waals surface area contributed by atoms with Gasteiger partial charge < -0.3 is 10.5 Å². The molecule has 94 valence electrons. The molecule has 0 radical (unpaired) electrons. The number of hydrogen-bond donors (Lipinski definition) is 1. The number of hydrogen-bond acceptors (Lipinski definition) is 5. The monoisotopic (exact) mass is 255 g/mol. The minimum atomic E-state index is -0.560. The predicted octanol–water partition coefficient (Wildman–Crippen LogP) is 2.84. The SMILES string of the molecule is N#Cc1cccc(Oc2ccc([N+](=O)[O-])c(N)c2)c1. The highest BCUT2D eigenvalue weighted by molar-refractivity contribution is 5.61. The number of nitriles is 1. The summed E-state index contributed by atoms with van der Waals surface area (Å²) in [5.74, 6) is 0.838. The molecule has 0 aromatic heterocycles. The number of nitro benzene ring substituents is 1. The summed E-state index contributed by atoms with van der Waals surface area (Å²) in [5.41, 5.74) is 5.88. The quantitative estimate of drug-likeness (QED) is 0.516. The lowest BCUT2D eigenvalue weighted by Crippen LogP contribution is -1.96. The summed E-state index contributed by atoms with van der Waals surface area (Å²) in [4.78, 5) is 10.1. The Labute approximate surface area is 108 Å². The second-order valence-electron chi connectivity index (χ2n) is 3.72. The maximum Gasteiger partial charge on any atom is 0.292 e. The van der Waals surface area contributed by atoms with Gasteiger partial charge in [-0.3, -0.25) is 10.1 Å². The van der Waals surface area contributed by atoms with Crippen molar-refractivity contribution in [1.29, 1.82) is 5.26 Å². The zero-order valence-electron chi connectivity index (χ0n) is 9.74. The van der Waals surface area contributed by atoms with Gasteiger partial charge in [-0.15, -0.1) is 0 Å². The summed E-state index contributed by atoms with van der Waals surface area (Å²) in [7, 11) is 0. The maximum atomic E-state index is 10.6. The van der Waals surface area contributed by atoms with Gasteiger partial charge in [0.1, 0.15) is 17.2 Å². The fourth-order valence-electron chi connectivity index (χ4n) is 1.53. The molecule has 0 fully saturated rings. The molecule has 2 aromatic rings. The van der Waals surface area contributed by atoms with E-state index in [4.69, 9.17) is 15.7 Å². The Morgan fingerprint density at radius 3 is 2.58 bits per heavy atom. The molecule has 2 N–H and O–H groups in total. The first-order chi connectivity index (χ1) is 9.10. The van der Waals surface area contributed by atoms with Gasteiger partial charge in [0.2, 0.25) is 0 Å². The van der Waals surface area contributed by atoms with Gasteiger partial charge in [0.15, 0.2) is 0 Å². The van der Waals surface area contributed by atoms with Crippen LogP contribution in [0.3, 0.4) is 0 Å². The molecule has 0 saturated heterocycles. The summed E-state index contributed by atoms with van der Waals surface area (Å²) in [6.07, 6.45) is 0. The van der Waals surface area contributed by atoms with Crippen LogP contribution in [0.2, 0.25) is 0 Å². The van der Waals surface area contributed by atoms with E-state index in [-0.39, 0.29) is 11.4 Å². The first-order valence-corrected chi connectivity index (χ1v) is 5.32. The van der Waals surface area contributed by atoms with E-state index in [9.17, 15) is 10.1 Å². The van der Waals surface area contributed by atoms with Crippen LogP contribution in [0.25, 0.3) is 0 Å². The van der Waals surface area contributed by atoms with Crippen molar-refractivity contribution in [2.45, 2.75) is 0 Å². The van der Waals surface area contributed by atoms with Crippen LogP contribution in [-0.2, 0) is 0 Å². The summed E-state index contributed by atoms with van der Waals surface area (Å²) in [6.45, 7) is 0. The molecular weight excluding hydrogens is 246 g/mol. The van der Waals surface area contributed by atoms with Crippen LogP contribution in [0.1, 0.15) is 5.56 Å². The number of nitrogen functional groups attached to an aromatic ring is 1. The van der Waals surface area contributed by atoms with Gasteiger partial charge in [-0.2, -0.15) is 5.26 Å². The molecule has 0 aliphatic carbocycles. The van der Waals surface area contributed by atoms with Gasteiger partial charge in [0.25, 0.3) is 5.69 Å². The molecule has 2 rings (SSSR count). The van der Waals surface area contributed by atoms with Crippen molar-refractivity contribution in [3.8, 4) is 17.6 Å². The third kappa shape index (κ3) is 2.79. The molecule has 0 bridgehead atoms. The standard InChI is InChI=1S/C13H9N3O3/c14-8-9-2-1-3-10(6-9)19-11-4-5-13(16(17)18)12(15)7-11/h1-7H,15H2. The lowest BCUT2D eigenvalue weighted by atomic mass is 10.2. The predicted molar refractivity (Wildman–Crippen MR) is 68.7 cm³/mol. The van der Waals surface area contributed by atoms with Crippen molar-refractivity contribution in [3.63, 3.8) is 0 Å². The van der Waals surface area contributed by atoms with E-state index in [1.165, 1.54) is 18.2 Å². The zero-order chi connectivity index (χ0) is 13.8. The van der Waals surface area contributed by atoms with Crippen molar-refractivity contribution >= 4 is 11.4 Å². The van der Waals surface area contributed by atoms with Crippen molar-refractivity contribution in [1.82, 2.24) is 0 Å². The molecule has 2 aromatic carbocycles. The van der Waals surface area contributed by atoms with Gasteiger partial charge in [0, 0.05) is 12.1 Å². The largest absolute Gasteiger partial charge is 0.457 e. The van der Waals surface area contributed by atoms with Crippen molar-refractivity contribution in [2.24, 2.45) is 0 Å². The molecule has 6 nitrogen and oxygen atoms in total. The number of benzene rings is 2. The van der Waals surface area contributed by atoms with Gasteiger partial charge >= 0.3 is 0 Å². The summed E-state index contributed by atoms with van der Waals surface area (Å²) in [6, 6.07) is 12.7. The average molecular weight is 255 g/mol. The molecule has 0 heterocycles. The Kier molecular flexibility index (Phi) is 3.30. The Balaban J connectivity index is 2.26. The van der Waals surface area contributed by atoms with Crippen LogP contribution in [0, 0.1) is 21.4 Å². The van der Waals surface area contributed by atoms with Gasteiger partial charge in [-0.25, -0.2) is 0 Å². The highest BCUT2D eigenvalue weighted by atomic mass is 16.6. The molecule has 0 unspecified atom stereocenters. The fraction of sp³-hybridized carbons (Fsp3) is 0. The number of ether oxygens (including phenoxy) is 1. The lowest BCUT2D eigenvalue weighted by Gasteiger charge is -2.06. The second kappa shape index (κ2) is 5.06. The van der Waals surface area contributed by atoms with E-state index in [1.54, 1.807) is 24.3 Å². The van der Waals surface area contributed by atoms with E-state index in [2.05, 4.69) is 0 Å². The highest BCUT2D eigenvalue weighted by Gasteiger charge is 2.11. The van der Waals surface area contributed by atoms with Crippen LogP contribution in [-0.4, -0.2) is 4.92 Å². The molecule has 0 spiro atoms. The minimum absolute atomic E-state index is 0.0268. The molecule has 0 aliphatic rings. The Bertz CT molecular complexity index is 677. The number of rotatable bonds is 3. The normalized spacial score (nSPS) is 9.63. The summed E-state index contributed by atoms with van der Waals surface area (Å²) in [5, 5.41) is 19.4. The first kappa shape index (κ1) is 12.4. The third-order valence-electron chi connectivity index (χ3n) is 2.39. The van der Waals surface area contributed by atoms with E-state index >= 15 is 0 Å². The van der Waals surface area contributed by atoms with Crippen molar-refractivity contribution < 1.29 is 9.66 Å². The summed E-state index contributed by atoms with van der Waals surface area (Å²) < 4.78 is 5.48. The molecule has 19 heavy (non-hydrogen) atoms. The van der Waals surface area contributed by atoms with E-state index in [0.29, 0.717) is 17.1 Å². The first-order valence-electron chi connectivity index (χ1n) is 5.32. The van der Waals surface area contributed by atoms with E-state index < -0.39 is 4.92 Å². The van der Waals surface area contributed by atoms with Gasteiger partial charge in [-0.05, 0) is 24.3 Å². The summed E-state index contributed by atoms with van der Waals surface area (Å²) >= 11 is 0. The van der Waals surface area contributed by atoms with Gasteiger partial charge in [-0.1, -0.05) is 6.07 Å². The number of nitrogens with two attached hydrogens (primary N) is 1. The van der Waals surface area contributed by atoms with E-state index in [1.807, 2.05) is 6.07 Å². The van der Waals surface area contributed by atoms with Crippen LogP contribution in [0.5, 0.6) is 11.5 Å². The molecule has 6 heteroatoms. The third-order valence-corrected chi connectivity index (χ3v) is 2.39. The molecular formula is C13H9N3O3. The molecule has 0 aliphatic heterocycles. The number of anilines is 1. The Morgan fingerprint density at radius 1 is 1.21 bits per heavy atom.